The summed E-state index contributed by atoms with van der Waals surface area (Å²) in [5.41, 5.74) is 1.30. The van der Waals surface area contributed by atoms with Gasteiger partial charge in [0, 0.05) is 24.1 Å². The van der Waals surface area contributed by atoms with Crippen LogP contribution in [0.5, 0.6) is 17.2 Å². The molecule has 4 nitrogen and oxygen atoms in total. The first-order valence-electron chi connectivity index (χ1n) is 11.0. The van der Waals surface area contributed by atoms with Crippen molar-refractivity contribution in [2.75, 3.05) is 20.4 Å². The maximum absolute atomic E-state index is 13.8. The number of allylic oxidation sites excluding steroid dienone is 6. The van der Waals surface area contributed by atoms with Gasteiger partial charge in [-0.3, -0.25) is 0 Å². The highest BCUT2D eigenvalue weighted by Crippen LogP contribution is 2.41. The van der Waals surface area contributed by atoms with Crippen molar-refractivity contribution in [3.63, 3.8) is 0 Å². The number of ether oxygens (including phenoxy) is 3. The summed E-state index contributed by atoms with van der Waals surface area (Å²) >= 11 is 0. The molecule has 0 aromatic heterocycles. The second-order valence-corrected chi connectivity index (χ2v) is 8.60. The van der Waals surface area contributed by atoms with E-state index in [0.29, 0.717) is 30.5 Å². The van der Waals surface area contributed by atoms with Gasteiger partial charge in [-0.25, -0.2) is 4.39 Å². The summed E-state index contributed by atoms with van der Waals surface area (Å²) < 4.78 is 31.0. The molecular formula is C25H32FNO3. The highest BCUT2D eigenvalue weighted by Gasteiger charge is 2.41. The summed E-state index contributed by atoms with van der Waals surface area (Å²) in [6.45, 7) is 5.42. The van der Waals surface area contributed by atoms with Gasteiger partial charge in [-0.1, -0.05) is 31.1 Å². The lowest BCUT2D eigenvalue weighted by molar-refractivity contribution is 0.0113. The molecule has 2 heterocycles. The van der Waals surface area contributed by atoms with E-state index in [1.54, 1.807) is 12.2 Å². The van der Waals surface area contributed by atoms with Crippen LogP contribution in [0, 0.1) is 11.8 Å². The van der Waals surface area contributed by atoms with Gasteiger partial charge < -0.3 is 19.1 Å². The first kappa shape index (κ1) is 21.0. The lowest BCUT2D eigenvalue weighted by Crippen LogP contribution is -2.53. The minimum absolute atomic E-state index is 0.177. The summed E-state index contributed by atoms with van der Waals surface area (Å²) in [6, 6.07) is 6.67. The fraction of sp³-hybridized carbons (Fsp3) is 0.520. The molecule has 30 heavy (non-hydrogen) atoms. The average molecular weight is 414 g/mol. The van der Waals surface area contributed by atoms with Gasteiger partial charge in [-0.15, -0.1) is 0 Å². The van der Waals surface area contributed by atoms with E-state index in [-0.39, 0.29) is 12.6 Å². The normalized spacial score (nSPS) is 28.7. The van der Waals surface area contributed by atoms with Gasteiger partial charge in [0.05, 0.1) is 6.61 Å². The molecule has 3 unspecified atom stereocenters. The zero-order valence-corrected chi connectivity index (χ0v) is 18.1. The summed E-state index contributed by atoms with van der Waals surface area (Å²) in [5, 5.41) is 0. The molecular weight excluding hydrogens is 381 g/mol. The van der Waals surface area contributed by atoms with Crippen LogP contribution in [0.3, 0.4) is 0 Å². The Labute approximate surface area is 179 Å². The zero-order chi connectivity index (χ0) is 21.1. The third-order valence-corrected chi connectivity index (χ3v) is 6.76. The van der Waals surface area contributed by atoms with E-state index in [2.05, 4.69) is 25.8 Å². The van der Waals surface area contributed by atoms with E-state index in [1.165, 1.54) is 5.57 Å². The second kappa shape index (κ2) is 9.25. The molecule has 1 saturated heterocycles. The summed E-state index contributed by atoms with van der Waals surface area (Å²) in [5.74, 6) is 2.83. The topological polar surface area (TPSA) is 30.9 Å². The molecule has 2 aliphatic heterocycles. The Morgan fingerprint density at radius 1 is 1.20 bits per heavy atom. The highest BCUT2D eigenvalue weighted by atomic mass is 19.1. The third-order valence-electron chi connectivity index (χ3n) is 6.76. The van der Waals surface area contributed by atoms with Crippen LogP contribution in [-0.4, -0.2) is 37.4 Å². The largest absolute Gasteiger partial charge is 0.493 e. The van der Waals surface area contributed by atoms with Crippen molar-refractivity contribution in [1.82, 2.24) is 4.90 Å². The fourth-order valence-electron chi connectivity index (χ4n) is 5.02. The molecule has 162 valence electrons. The quantitative estimate of drug-likeness (QED) is 0.602. The van der Waals surface area contributed by atoms with Crippen molar-refractivity contribution >= 4 is 0 Å². The van der Waals surface area contributed by atoms with Gasteiger partial charge in [0.25, 0.3) is 0 Å². The van der Waals surface area contributed by atoms with E-state index < -0.39 is 0 Å². The number of piperidine rings is 1. The molecule has 5 heteroatoms. The molecule has 0 saturated carbocycles. The minimum atomic E-state index is -0.177. The standard InChI is InChI=1S/C25H32FNO3/c1-4-6-23-22(15-28-20-11-12-24-25(14-20)30-16-29-24)21(13-17(2)27(23)3)18-7-5-8-19(26)10-9-18/h5,8-12,14,17,21-23H,4,6-7,13,15-16H2,1-3H3/t17?,21-,22?,23?/m0/s1. The van der Waals surface area contributed by atoms with Gasteiger partial charge in [-0.05, 0) is 63.4 Å². The molecule has 3 aliphatic rings. The van der Waals surface area contributed by atoms with E-state index in [9.17, 15) is 4.39 Å². The molecule has 1 aromatic rings. The molecule has 4 atom stereocenters. The zero-order valence-electron chi connectivity index (χ0n) is 18.1. The molecule has 0 radical (unpaired) electrons. The van der Waals surface area contributed by atoms with Crippen LogP contribution >= 0.6 is 0 Å². The number of rotatable bonds is 6. The second-order valence-electron chi connectivity index (χ2n) is 8.60. The van der Waals surface area contributed by atoms with E-state index in [0.717, 1.165) is 42.9 Å². The Balaban J connectivity index is 1.57. The number of fused-ring (bicyclic) bond motifs is 1. The monoisotopic (exact) mass is 413 g/mol. The van der Waals surface area contributed by atoms with Crippen molar-refractivity contribution in [1.29, 1.82) is 0 Å². The lowest BCUT2D eigenvalue weighted by Gasteiger charge is -2.48. The number of likely N-dealkylation sites (tertiary alicyclic amines) is 1. The van der Waals surface area contributed by atoms with Crippen LogP contribution in [-0.2, 0) is 0 Å². The molecule has 4 rings (SSSR count). The maximum Gasteiger partial charge on any atom is 0.231 e. The molecule has 0 amide bonds. The van der Waals surface area contributed by atoms with Crippen LogP contribution in [0.4, 0.5) is 4.39 Å². The van der Waals surface area contributed by atoms with Crippen molar-refractivity contribution < 1.29 is 18.6 Å². The minimum Gasteiger partial charge on any atom is -0.493 e. The Morgan fingerprint density at radius 2 is 2.03 bits per heavy atom. The van der Waals surface area contributed by atoms with Crippen LogP contribution < -0.4 is 14.2 Å². The van der Waals surface area contributed by atoms with Crippen LogP contribution in [0.15, 0.2) is 53.9 Å². The maximum atomic E-state index is 13.8. The Morgan fingerprint density at radius 3 is 2.87 bits per heavy atom. The summed E-state index contributed by atoms with van der Waals surface area (Å²) in [7, 11) is 2.23. The van der Waals surface area contributed by atoms with Crippen LogP contribution in [0.2, 0.25) is 0 Å². The Kier molecular flexibility index (Phi) is 6.47. The van der Waals surface area contributed by atoms with Gasteiger partial charge >= 0.3 is 0 Å². The number of benzene rings is 1. The van der Waals surface area contributed by atoms with Crippen LogP contribution in [0.25, 0.3) is 0 Å². The van der Waals surface area contributed by atoms with Crippen molar-refractivity contribution in [2.45, 2.75) is 51.6 Å². The van der Waals surface area contributed by atoms with Crippen molar-refractivity contribution in [2.24, 2.45) is 11.8 Å². The fourth-order valence-corrected chi connectivity index (χ4v) is 5.02. The van der Waals surface area contributed by atoms with E-state index in [4.69, 9.17) is 14.2 Å². The number of nitrogens with zero attached hydrogens (tertiary/aromatic N) is 1. The molecule has 0 bridgehead atoms. The van der Waals surface area contributed by atoms with Gasteiger partial charge in [-0.2, -0.15) is 0 Å². The third kappa shape index (κ3) is 4.41. The molecule has 1 fully saturated rings. The van der Waals surface area contributed by atoms with Gasteiger partial charge in [0.15, 0.2) is 11.5 Å². The molecule has 1 aliphatic carbocycles. The van der Waals surface area contributed by atoms with E-state index >= 15 is 0 Å². The molecule has 0 spiro atoms. The number of hydrogen-bond donors (Lipinski definition) is 0. The van der Waals surface area contributed by atoms with Gasteiger partial charge in [0.1, 0.15) is 11.6 Å². The van der Waals surface area contributed by atoms with Gasteiger partial charge in [0.2, 0.25) is 6.79 Å². The highest BCUT2D eigenvalue weighted by molar-refractivity contribution is 5.46. The average Bonchev–Trinajstić information content (AvgIpc) is 3.10. The number of hydrogen-bond acceptors (Lipinski definition) is 4. The Hall–Kier alpha value is -2.27. The predicted octanol–water partition coefficient (Wildman–Crippen LogP) is 5.66. The van der Waals surface area contributed by atoms with Crippen molar-refractivity contribution in [3.8, 4) is 17.2 Å². The van der Waals surface area contributed by atoms with Crippen molar-refractivity contribution in [3.05, 3.63) is 53.9 Å². The summed E-state index contributed by atoms with van der Waals surface area (Å²) in [6.07, 6.45) is 11.2. The SMILES string of the molecule is CCCC1C(COc2ccc3c(c2)OCO3)[C@H](C2=CC=C(F)C=CC2)CC(C)N1C. The lowest BCUT2D eigenvalue weighted by atomic mass is 9.71. The van der Waals surface area contributed by atoms with Crippen LogP contribution in [0.1, 0.15) is 39.5 Å². The first-order valence-corrected chi connectivity index (χ1v) is 11.0. The molecule has 1 aromatic carbocycles. The first-order chi connectivity index (χ1) is 14.6. The number of halogens is 1. The predicted molar refractivity (Wildman–Crippen MR) is 117 cm³/mol. The smallest absolute Gasteiger partial charge is 0.231 e. The van der Waals surface area contributed by atoms with E-state index in [1.807, 2.05) is 30.4 Å². The molecule has 0 N–H and O–H groups in total. The summed E-state index contributed by atoms with van der Waals surface area (Å²) in [4.78, 5) is 2.51. The Bertz CT molecular complexity index is 847.